The van der Waals surface area contributed by atoms with E-state index in [1.807, 2.05) is 0 Å². The monoisotopic (exact) mass is 257 g/mol. The lowest BCUT2D eigenvalue weighted by Crippen LogP contribution is -2.55. The summed E-state index contributed by atoms with van der Waals surface area (Å²) in [6.07, 6.45) is 4.24. The van der Waals surface area contributed by atoms with Gasteiger partial charge in [0.15, 0.2) is 0 Å². The van der Waals surface area contributed by atoms with Crippen LogP contribution in [0.5, 0.6) is 0 Å². The second-order valence-electron chi connectivity index (χ2n) is 5.85. The molecular formula is C13H27N3O2. The Balaban J connectivity index is 2.43. The predicted molar refractivity (Wildman–Crippen MR) is 72.6 cm³/mol. The average molecular weight is 257 g/mol. The molecule has 5 heteroatoms. The molecule has 0 heterocycles. The van der Waals surface area contributed by atoms with Gasteiger partial charge < -0.3 is 20.6 Å². The lowest BCUT2D eigenvalue weighted by Gasteiger charge is -2.39. The smallest absolute Gasteiger partial charge is 0.323 e. The van der Waals surface area contributed by atoms with Crippen LogP contribution in [0.1, 0.15) is 32.1 Å². The molecule has 0 aromatic rings. The molecule has 1 fully saturated rings. The second kappa shape index (κ2) is 6.50. The number of rotatable bonds is 6. The van der Waals surface area contributed by atoms with Gasteiger partial charge in [-0.15, -0.1) is 0 Å². The Hall–Kier alpha value is -0.650. The van der Waals surface area contributed by atoms with Crippen LogP contribution in [0.3, 0.4) is 0 Å². The van der Waals surface area contributed by atoms with Crippen molar-refractivity contribution in [2.75, 3.05) is 34.2 Å². The summed E-state index contributed by atoms with van der Waals surface area (Å²) in [6.45, 7) is 2.06. The number of carboxylic acid groups (broad SMARTS) is 1. The van der Waals surface area contributed by atoms with Crippen molar-refractivity contribution < 1.29 is 9.90 Å². The Morgan fingerprint density at radius 3 is 2.61 bits per heavy atom. The van der Waals surface area contributed by atoms with Crippen LogP contribution in [0.15, 0.2) is 0 Å². The van der Waals surface area contributed by atoms with E-state index in [1.54, 1.807) is 0 Å². The molecule has 0 aromatic heterocycles. The van der Waals surface area contributed by atoms with Crippen LogP contribution in [0, 0.1) is 0 Å². The topological polar surface area (TPSA) is 69.8 Å². The molecule has 0 aromatic carbocycles. The van der Waals surface area contributed by atoms with E-state index in [9.17, 15) is 9.90 Å². The van der Waals surface area contributed by atoms with Gasteiger partial charge in [0.25, 0.3) is 0 Å². The summed E-state index contributed by atoms with van der Waals surface area (Å²) in [5, 5.41) is 9.20. The SMILES string of the molecule is CN(C)CCCN(C)C1CCCC(N)(C(=O)O)C1. The van der Waals surface area contributed by atoms with Gasteiger partial charge in [-0.2, -0.15) is 0 Å². The molecule has 0 bridgehead atoms. The van der Waals surface area contributed by atoms with Crippen molar-refractivity contribution >= 4 is 5.97 Å². The number of nitrogens with zero attached hydrogens (tertiary/aromatic N) is 2. The molecule has 0 amide bonds. The summed E-state index contributed by atoms with van der Waals surface area (Å²) in [4.78, 5) is 15.6. The molecular weight excluding hydrogens is 230 g/mol. The molecule has 1 saturated carbocycles. The maximum absolute atomic E-state index is 11.2. The molecule has 1 aliphatic rings. The summed E-state index contributed by atoms with van der Waals surface area (Å²) >= 11 is 0. The minimum atomic E-state index is -1.02. The van der Waals surface area contributed by atoms with Gasteiger partial charge >= 0.3 is 5.97 Å². The van der Waals surface area contributed by atoms with Gasteiger partial charge in [-0.25, -0.2) is 0 Å². The van der Waals surface area contributed by atoms with Gasteiger partial charge in [0.05, 0.1) is 0 Å². The van der Waals surface area contributed by atoms with Gasteiger partial charge in [-0.1, -0.05) is 0 Å². The highest BCUT2D eigenvalue weighted by Crippen LogP contribution is 2.29. The highest BCUT2D eigenvalue weighted by Gasteiger charge is 2.40. The number of carboxylic acids is 1. The van der Waals surface area contributed by atoms with Gasteiger partial charge in [0.1, 0.15) is 5.54 Å². The lowest BCUT2D eigenvalue weighted by molar-refractivity contribution is -0.145. The normalized spacial score (nSPS) is 28.9. The van der Waals surface area contributed by atoms with E-state index in [0.29, 0.717) is 18.9 Å². The summed E-state index contributed by atoms with van der Waals surface area (Å²) in [5.74, 6) is -0.853. The third-order valence-corrected chi connectivity index (χ3v) is 3.93. The summed E-state index contributed by atoms with van der Waals surface area (Å²) in [5.41, 5.74) is 4.96. The van der Waals surface area contributed by atoms with Crippen molar-refractivity contribution in [3.63, 3.8) is 0 Å². The van der Waals surface area contributed by atoms with E-state index in [2.05, 4.69) is 30.9 Å². The van der Waals surface area contributed by atoms with Crippen molar-refractivity contribution in [1.29, 1.82) is 0 Å². The molecule has 2 atom stereocenters. The minimum Gasteiger partial charge on any atom is -0.480 e. The highest BCUT2D eigenvalue weighted by atomic mass is 16.4. The zero-order valence-electron chi connectivity index (χ0n) is 11.9. The Morgan fingerprint density at radius 1 is 1.39 bits per heavy atom. The van der Waals surface area contributed by atoms with Crippen LogP contribution in [-0.4, -0.2) is 66.7 Å². The molecule has 0 aliphatic heterocycles. The average Bonchev–Trinajstić information content (AvgIpc) is 2.28. The number of hydrogen-bond donors (Lipinski definition) is 2. The lowest BCUT2D eigenvalue weighted by atomic mass is 9.79. The Labute approximate surface area is 110 Å². The maximum atomic E-state index is 11.2. The van der Waals surface area contributed by atoms with Crippen LogP contribution in [0.4, 0.5) is 0 Å². The molecule has 0 spiro atoms. The van der Waals surface area contributed by atoms with Crippen molar-refractivity contribution in [3.05, 3.63) is 0 Å². The van der Waals surface area contributed by atoms with E-state index >= 15 is 0 Å². The van der Waals surface area contributed by atoms with Gasteiger partial charge in [0, 0.05) is 6.04 Å². The second-order valence-corrected chi connectivity index (χ2v) is 5.85. The molecule has 2 unspecified atom stereocenters. The van der Waals surface area contributed by atoms with Crippen LogP contribution in [0.25, 0.3) is 0 Å². The Bertz CT molecular complexity index is 283. The van der Waals surface area contributed by atoms with Crippen molar-refractivity contribution in [3.8, 4) is 0 Å². The number of hydrogen-bond acceptors (Lipinski definition) is 4. The quantitative estimate of drug-likeness (QED) is 0.729. The Morgan fingerprint density at radius 2 is 2.06 bits per heavy atom. The first-order valence-electron chi connectivity index (χ1n) is 6.72. The minimum absolute atomic E-state index is 0.307. The maximum Gasteiger partial charge on any atom is 0.323 e. The van der Waals surface area contributed by atoms with E-state index in [4.69, 9.17) is 5.73 Å². The predicted octanol–water partition coefficient (Wildman–Crippen LogP) is 0.595. The standard InChI is InChI=1S/C13H27N3O2/c1-15(2)8-5-9-16(3)11-6-4-7-13(14,10-11)12(17)18/h11H,4-10,14H2,1-3H3,(H,17,18). The van der Waals surface area contributed by atoms with Crippen LogP contribution < -0.4 is 5.73 Å². The van der Waals surface area contributed by atoms with Crippen LogP contribution in [-0.2, 0) is 4.79 Å². The number of nitrogens with two attached hydrogens (primary N) is 1. The van der Waals surface area contributed by atoms with E-state index < -0.39 is 11.5 Å². The summed E-state index contributed by atoms with van der Waals surface area (Å²) in [6, 6.07) is 0.307. The molecule has 1 aliphatic carbocycles. The molecule has 3 N–H and O–H groups in total. The molecule has 0 saturated heterocycles. The zero-order valence-corrected chi connectivity index (χ0v) is 11.9. The zero-order chi connectivity index (χ0) is 13.8. The van der Waals surface area contributed by atoms with E-state index in [-0.39, 0.29) is 0 Å². The highest BCUT2D eigenvalue weighted by molar-refractivity contribution is 5.78. The first-order valence-corrected chi connectivity index (χ1v) is 6.72. The van der Waals surface area contributed by atoms with E-state index in [0.717, 1.165) is 32.4 Å². The molecule has 0 radical (unpaired) electrons. The van der Waals surface area contributed by atoms with Crippen LogP contribution >= 0.6 is 0 Å². The third-order valence-electron chi connectivity index (χ3n) is 3.93. The largest absolute Gasteiger partial charge is 0.480 e. The van der Waals surface area contributed by atoms with Gasteiger partial charge in [-0.05, 0) is 66.3 Å². The van der Waals surface area contributed by atoms with Crippen LogP contribution in [0.2, 0.25) is 0 Å². The summed E-state index contributed by atoms with van der Waals surface area (Å²) < 4.78 is 0. The molecule has 106 valence electrons. The fourth-order valence-corrected chi connectivity index (χ4v) is 2.67. The number of aliphatic carboxylic acids is 1. The molecule has 1 rings (SSSR count). The van der Waals surface area contributed by atoms with Gasteiger partial charge in [-0.3, -0.25) is 4.79 Å². The third kappa shape index (κ3) is 4.23. The van der Waals surface area contributed by atoms with Crippen molar-refractivity contribution in [2.24, 2.45) is 5.73 Å². The Kier molecular flexibility index (Phi) is 5.56. The van der Waals surface area contributed by atoms with E-state index in [1.165, 1.54) is 0 Å². The number of carbonyl (C=O) groups is 1. The molecule has 5 nitrogen and oxygen atoms in total. The fraction of sp³-hybridized carbons (Fsp3) is 0.923. The van der Waals surface area contributed by atoms with Gasteiger partial charge in [0.2, 0.25) is 0 Å². The van der Waals surface area contributed by atoms with Crippen molar-refractivity contribution in [1.82, 2.24) is 9.80 Å². The summed E-state index contributed by atoms with van der Waals surface area (Å²) in [7, 11) is 6.21. The first kappa shape index (κ1) is 15.4. The molecule has 18 heavy (non-hydrogen) atoms. The first-order chi connectivity index (χ1) is 8.35. The fourth-order valence-electron chi connectivity index (χ4n) is 2.67. The van der Waals surface area contributed by atoms with Crippen molar-refractivity contribution in [2.45, 2.75) is 43.7 Å².